The zero-order chi connectivity index (χ0) is 19.6. The first-order valence-electron chi connectivity index (χ1n) is 7.68. The van der Waals surface area contributed by atoms with Gasteiger partial charge in [-0.3, -0.25) is 9.78 Å². The Morgan fingerprint density at radius 2 is 1.63 bits per heavy atom. The number of pyridine rings is 1. The van der Waals surface area contributed by atoms with Gasteiger partial charge in [-0.2, -0.15) is 0 Å². The second kappa shape index (κ2) is 8.36. The molecular formula is C19H12Cl4N2O2. The number of benzene rings is 2. The van der Waals surface area contributed by atoms with E-state index in [1.54, 1.807) is 48.5 Å². The normalized spacial score (nSPS) is 11.9. The maximum Gasteiger partial charge on any atom is 0.250 e. The Balaban J connectivity index is 2.20. The van der Waals surface area contributed by atoms with E-state index in [-0.39, 0.29) is 11.3 Å². The van der Waals surface area contributed by atoms with Crippen molar-refractivity contribution in [3.05, 3.63) is 91.6 Å². The van der Waals surface area contributed by atoms with Crippen molar-refractivity contribution in [3.63, 3.8) is 0 Å². The van der Waals surface area contributed by atoms with Crippen molar-refractivity contribution in [2.24, 2.45) is 5.73 Å². The minimum Gasteiger partial charge on any atom is -0.478 e. The smallest absolute Gasteiger partial charge is 0.250 e. The summed E-state index contributed by atoms with van der Waals surface area (Å²) in [6.07, 6.45) is 0.631. The fourth-order valence-corrected chi connectivity index (χ4v) is 3.23. The molecule has 2 aromatic carbocycles. The number of nitrogens with two attached hydrogens (primary N) is 1. The first-order chi connectivity index (χ1) is 12.9. The molecule has 0 spiro atoms. The highest BCUT2D eigenvalue weighted by Gasteiger charge is 2.26. The third-order valence-electron chi connectivity index (χ3n) is 3.73. The number of halogens is 4. The summed E-state index contributed by atoms with van der Waals surface area (Å²) >= 11 is 24.8. The molecule has 0 aliphatic rings. The highest BCUT2D eigenvalue weighted by molar-refractivity contribution is 6.34. The lowest BCUT2D eigenvalue weighted by Gasteiger charge is -2.22. The minimum absolute atomic E-state index is 0.191. The first-order valence-corrected chi connectivity index (χ1v) is 9.19. The molecule has 1 heterocycles. The van der Waals surface area contributed by atoms with Crippen molar-refractivity contribution in [2.45, 2.75) is 6.10 Å². The second-order valence-corrected chi connectivity index (χ2v) is 7.23. The highest BCUT2D eigenvalue weighted by atomic mass is 35.5. The third kappa shape index (κ3) is 4.47. The lowest BCUT2D eigenvalue weighted by atomic mass is 10.0. The van der Waals surface area contributed by atoms with Crippen LogP contribution in [0, 0.1) is 0 Å². The molecule has 1 atom stereocenters. The molecule has 0 aliphatic heterocycles. The Bertz CT molecular complexity index is 1010. The average Bonchev–Trinajstić information content (AvgIpc) is 2.64. The van der Waals surface area contributed by atoms with Crippen LogP contribution in [-0.4, -0.2) is 10.9 Å². The molecule has 3 aromatic rings. The van der Waals surface area contributed by atoms with E-state index in [9.17, 15) is 4.79 Å². The summed E-state index contributed by atoms with van der Waals surface area (Å²) in [5, 5.41) is 1.58. The summed E-state index contributed by atoms with van der Waals surface area (Å²) in [6.45, 7) is 0. The minimum atomic E-state index is -0.893. The van der Waals surface area contributed by atoms with Crippen LogP contribution in [0.3, 0.4) is 0 Å². The number of rotatable bonds is 5. The number of carbonyl (C=O) groups excluding carboxylic acids is 1. The fourth-order valence-electron chi connectivity index (χ4n) is 2.51. The number of primary amides is 1. The van der Waals surface area contributed by atoms with Crippen molar-refractivity contribution in [1.29, 1.82) is 0 Å². The molecule has 1 aromatic heterocycles. The summed E-state index contributed by atoms with van der Waals surface area (Å²) in [5.74, 6) is -0.353. The molecule has 4 nitrogen and oxygen atoms in total. The van der Waals surface area contributed by atoms with Crippen molar-refractivity contribution in [1.82, 2.24) is 4.98 Å². The molecule has 0 saturated carbocycles. The predicted molar refractivity (Wildman–Crippen MR) is 108 cm³/mol. The molecule has 0 bridgehead atoms. The zero-order valence-electron chi connectivity index (χ0n) is 13.6. The lowest BCUT2D eigenvalue weighted by Crippen LogP contribution is -2.20. The van der Waals surface area contributed by atoms with Crippen molar-refractivity contribution < 1.29 is 9.53 Å². The second-order valence-electron chi connectivity index (χ2n) is 5.54. The van der Waals surface area contributed by atoms with Gasteiger partial charge < -0.3 is 10.5 Å². The van der Waals surface area contributed by atoms with Gasteiger partial charge in [0.2, 0.25) is 0 Å². The molecule has 3 rings (SSSR count). The number of hydrogen-bond donors (Lipinski definition) is 1. The Hall–Kier alpha value is -1.98. The molecule has 1 unspecified atom stereocenters. The molecule has 27 heavy (non-hydrogen) atoms. The Labute approximate surface area is 175 Å². The van der Waals surface area contributed by atoms with Gasteiger partial charge in [-0.15, -0.1) is 0 Å². The Kier molecular flexibility index (Phi) is 6.12. The predicted octanol–water partition coefficient (Wildman–Crippen LogP) is 5.96. The summed E-state index contributed by atoms with van der Waals surface area (Å²) in [5.41, 5.74) is 6.48. The van der Waals surface area contributed by atoms with Crippen LogP contribution in [0.15, 0.2) is 54.7 Å². The summed E-state index contributed by atoms with van der Waals surface area (Å²) in [4.78, 5) is 16.2. The summed E-state index contributed by atoms with van der Waals surface area (Å²) in [7, 11) is 0. The van der Waals surface area contributed by atoms with Gasteiger partial charge in [0, 0.05) is 32.9 Å². The number of hydrogen-bond acceptors (Lipinski definition) is 3. The first kappa shape index (κ1) is 19.8. The molecule has 8 heteroatoms. The number of ether oxygens (including phenoxy) is 1. The largest absolute Gasteiger partial charge is 0.478 e. The van der Waals surface area contributed by atoms with Crippen LogP contribution < -0.4 is 10.5 Å². The molecule has 1 amide bonds. The summed E-state index contributed by atoms with van der Waals surface area (Å²) in [6, 6.07) is 12.9. The molecule has 2 N–H and O–H groups in total. The zero-order valence-corrected chi connectivity index (χ0v) is 16.7. The third-order valence-corrected chi connectivity index (χ3v) is 4.86. The van der Waals surface area contributed by atoms with Gasteiger partial charge in [-0.25, -0.2) is 0 Å². The van der Waals surface area contributed by atoms with Crippen LogP contribution in [0.1, 0.15) is 27.7 Å². The molecule has 0 fully saturated rings. The average molecular weight is 442 g/mol. The maximum absolute atomic E-state index is 11.9. The van der Waals surface area contributed by atoms with Crippen LogP contribution in [0.2, 0.25) is 20.1 Å². The van der Waals surface area contributed by atoms with Crippen LogP contribution in [-0.2, 0) is 0 Å². The number of amides is 1. The van der Waals surface area contributed by atoms with E-state index in [2.05, 4.69) is 4.98 Å². The number of nitrogens with zero attached hydrogens (tertiary/aromatic N) is 1. The summed E-state index contributed by atoms with van der Waals surface area (Å²) < 4.78 is 6.10. The van der Waals surface area contributed by atoms with Gasteiger partial charge in [-0.05, 0) is 42.5 Å². The number of aromatic nitrogens is 1. The fraction of sp³-hybridized carbons (Fsp3) is 0.0526. The van der Waals surface area contributed by atoms with Gasteiger partial charge in [-0.1, -0.05) is 46.4 Å². The SMILES string of the molecule is NC(=O)c1cccnc1C(Oc1cc(Cl)ccc1Cl)c1cc(Cl)ccc1Cl. The van der Waals surface area contributed by atoms with Gasteiger partial charge in [0.05, 0.1) is 16.3 Å². The van der Waals surface area contributed by atoms with E-state index >= 15 is 0 Å². The highest BCUT2D eigenvalue weighted by Crippen LogP contribution is 2.38. The topological polar surface area (TPSA) is 65.2 Å². The van der Waals surface area contributed by atoms with E-state index in [0.717, 1.165) is 0 Å². The Morgan fingerprint density at radius 3 is 2.33 bits per heavy atom. The van der Waals surface area contributed by atoms with Gasteiger partial charge >= 0.3 is 0 Å². The quantitative estimate of drug-likeness (QED) is 0.530. The van der Waals surface area contributed by atoms with Crippen molar-refractivity contribution in [2.75, 3.05) is 0 Å². The molecule has 0 aliphatic carbocycles. The van der Waals surface area contributed by atoms with Crippen LogP contribution in [0.25, 0.3) is 0 Å². The Morgan fingerprint density at radius 1 is 0.963 bits per heavy atom. The van der Waals surface area contributed by atoms with E-state index in [0.29, 0.717) is 31.4 Å². The van der Waals surface area contributed by atoms with Gasteiger partial charge in [0.15, 0.2) is 6.10 Å². The molecule has 138 valence electrons. The monoisotopic (exact) mass is 440 g/mol. The standard InChI is InChI=1S/C19H12Cl4N2O2/c20-10-3-5-14(22)13(8-10)18(17-12(19(24)26)2-1-7-25-17)27-16-9-11(21)4-6-15(16)23/h1-9,18H,(H2,24,26). The molecule has 0 saturated heterocycles. The van der Waals surface area contributed by atoms with Crippen LogP contribution >= 0.6 is 46.4 Å². The van der Waals surface area contributed by atoms with Gasteiger partial charge in [0.1, 0.15) is 5.75 Å². The maximum atomic E-state index is 11.9. The van der Waals surface area contributed by atoms with E-state index in [1.165, 1.54) is 6.20 Å². The molecular weight excluding hydrogens is 430 g/mol. The van der Waals surface area contributed by atoms with Crippen molar-refractivity contribution in [3.8, 4) is 5.75 Å². The lowest BCUT2D eigenvalue weighted by molar-refractivity contribution is 0.0995. The molecule has 0 radical (unpaired) electrons. The van der Waals surface area contributed by atoms with Crippen LogP contribution in [0.5, 0.6) is 5.75 Å². The van der Waals surface area contributed by atoms with Crippen LogP contribution in [0.4, 0.5) is 0 Å². The van der Waals surface area contributed by atoms with E-state index in [1.807, 2.05) is 0 Å². The van der Waals surface area contributed by atoms with Crippen molar-refractivity contribution >= 4 is 52.3 Å². The van der Waals surface area contributed by atoms with Gasteiger partial charge in [0.25, 0.3) is 5.91 Å². The number of carbonyl (C=O) groups is 1. The van der Waals surface area contributed by atoms with E-state index < -0.39 is 12.0 Å². The van der Waals surface area contributed by atoms with E-state index in [4.69, 9.17) is 56.9 Å².